The van der Waals surface area contributed by atoms with Crippen molar-refractivity contribution in [1.82, 2.24) is 29.3 Å². The highest BCUT2D eigenvalue weighted by molar-refractivity contribution is 5.92. The number of aromatic nitrogens is 6. The Kier molecular flexibility index (Phi) is 4.72. The van der Waals surface area contributed by atoms with Crippen LogP contribution in [0.2, 0.25) is 0 Å². The number of hydrogen-bond donors (Lipinski definition) is 0. The van der Waals surface area contributed by atoms with Crippen LogP contribution in [0.1, 0.15) is 12.5 Å². The molecule has 1 aromatic heterocycles. The number of alkyl halides is 1. The molecule has 2 aromatic carbocycles. The molecule has 3 aromatic rings. The number of halogens is 1. The molecule has 3 heterocycles. The van der Waals surface area contributed by atoms with Gasteiger partial charge in [-0.3, -0.25) is 9.48 Å². The molecule has 0 amide bonds. The second-order valence-corrected chi connectivity index (χ2v) is 8.44. The summed E-state index contributed by atoms with van der Waals surface area (Å²) in [6, 6.07) is 17.6. The molecule has 6 rings (SSSR count). The number of rotatable bonds is 4. The summed E-state index contributed by atoms with van der Waals surface area (Å²) in [6.07, 6.45) is 7.47. The SMILES string of the molecule is CC1C=CC=C(n2nc3c4ccccc4n(Cc4ccc(-n5cccn5)cc4)nc-3c2=O)C1F. The van der Waals surface area contributed by atoms with Gasteiger partial charge in [0.1, 0.15) is 11.9 Å². The number of para-hydroxylation sites is 1. The van der Waals surface area contributed by atoms with Crippen molar-refractivity contribution in [3.05, 3.63) is 101 Å². The van der Waals surface area contributed by atoms with Gasteiger partial charge in [0.15, 0.2) is 5.69 Å². The lowest BCUT2D eigenvalue weighted by Crippen LogP contribution is -2.26. The molecule has 2 unspecified atom stereocenters. The van der Waals surface area contributed by atoms with E-state index in [1.54, 1.807) is 40.7 Å². The Labute approximate surface area is 194 Å². The second kappa shape index (κ2) is 7.91. The summed E-state index contributed by atoms with van der Waals surface area (Å²) in [5.41, 5.74) is 3.35. The average Bonchev–Trinajstić information content (AvgIpc) is 3.51. The van der Waals surface area contributed by atoms with Crippen LogP contribution in [0.3, 0.4) is 0 Å². The first kappa shape index (κ1) is 20.3. The van der Waals surface area contributed by atoms with E-state index < -0.39 is 11.7 Å². The van der Waals surface area contributed by atoms with Gasteiger partial charge in [0.2, 0.25) is 0 Å². The lowest BCUT2D eigenvalue weighted by molar-refractivity contribution is 0.333. The van der Waals surface area contributed by atoms with E-state index in [0.717, 1.165) is 26.8 Å². The zero-order valence-corrected chi connectivity index (χ0v) is 18.4. The Balaban J connectivity index is 1.46. The molecule has 0 saturated heterocycles. The minimum absolute atomic E-state index is 0.224. The number of allylic oxidation sites excluding steroid dienone is 4. The Bertz CT molecular complexity index is 1580. The second-order valence-electron chi connectivity index (χ2n) is 8.44. The molecule has 0 radical (unpaired) electrons. The van der Waals surface area contributed by atoms with Gasteiger partial charge in [-0.05, 0) is 35.9 Å². The average molecular weight is 452 g/mol. The zero-order chi connectivity index (χ0) is 23.2. The van der Waals surface area contributed by atoms with E-state index in [1.807, 2.05) is 60.8 Å². The van der Waals surface area contributed by atoms with Gasteiger partial charge < -0.3 is 0 Å². The number of hydrogen-bond acceptors (Lipinski definition) is 4. The van der Waals surface area contributed by atoms with Crippen molar-refractivity contribution in [2.45, 2.75) is 19.6 Å². The third-order valence-electron chi connectivity index (χ3n) is 6.19. The highest BCUT2D eigenvalue weighted by Gasteiger charge is 2.29. The van der Waals surface area contributed by atoms with Crippen molar-refractivity contribution in [3.8, 4) is 17.1 Å². The van der Waals surface area contributed by atoms with E-state index in [2.05, 4.69) is 15.3 Å². The smallest absolute Gasteiger partial charge is 0.265 e. The topological polar surface area (TPSA) is 70.5 Å². The monoisotopic (exact) mass is 452 g/mol. The van der Waals surface area contributed by atoms with Crippen LogP contribution in [0.15, 0.2) is 90.0 Å². The predicted octanol–water partition coefficient (Wildman–Crippen LogP) is 4.32. The van der Waals surface area contributed by atoms with Crippen molar-refractivity contribution in [2.75, 3.05) is 0 Å². The fourth-order valence-corrected chi connectivity index (χ4v) is 4.36. The van der Waals surface area contributed by atoms with Gasteiger partial charge in [-0.15, -0.1) is 0 Å². The van der Waals surface area contributed by atoms with E-state index in [4.69, 9.17) is 0 Å². The standard InChI is InChI=1S/C26H21FN6O/c1-17-6-4-9-22(23(17)27)33-26(34)25-24(30-33)20-7-2-3-8-21(20)32(29-25)16-18-10-12-19(13-11-18)31-15-5-14-28-31/h2-15,17,23H,16H2,1H3. The predicted molar refractivity (Wildman–Crippen MR) is 129 cm³/mol. The molecule has 0 spiro atoms. The number of nitrogens with zero attached hydrogens (tertiary/aromatic N) is 6. The van der Waals surface area contributed by atoms with Crippen LogP contribution >= 0.6 is 0 Å². The van der Waals surface area contributed by atoms with E-state index in [9.17, 15) is 9.18 Å². The van der Waals surface area contributed by atoms with Crippen LogP contribution in [0.25, 0.3) is 33.7 Å². The first-order valence-corrected chi connectivity index (χ1v) is 11.1. The fraction of sp³-hybridized carbons (Fsp3) is 0.154. The normalized spacial score (nSPS) is 18.0. The lowest BCUT2D eigenvalue weighted by Gasteiger charge is -2.18. The van der Waals surface area contributed by atoms with Crippen molar-refractivity contribution < 1.29 is 4.39 Å². The summed E-state index contributed by atoms with van der Waals surface area (Å²) in [6.45, 7) is 2.25. The van der Waals surface area contributed by atoms with Gasteiger partial charge >= 0.3 is 5.56 Å². The summed E-state index contributed by atoms with van der Waals surface area (Å²) in [5.74, 6) is -0.328. The largest absolute Gasteiger partial charge is 0.301 e. The van der Waals surface area contributed by atoms with Gasteiger partial charge in [-0.25, -0.2) is 9.07 Å². The van der Waals surface area contributed by atoms with E-state index >= 15 is 0 Å². The van der Waals surface area contributed by atoms with Crippen LogP contribution in [-0.2, 0) is 6.54 Å². The fourth-order valence-electron chi connectivity index (χ4n) is 4.36. The summed E-state index contributed by atoms with van der Waals surface area (Å²) < 4.78 is 19.7. The molecule has 8 heteroatoms. The van der Waals surface area contributed by atoms with Gasteiger partial charge in [-0.2, -0.15) is 20.0 Å². The van der Waals surface area contributed by atoms with E-state index in [1.165, 1.54) is 0 Å². The first-order chi connectivity index (χ1) is 16.6. The van der Waals surface area contributed by atoms with Crippen molar-refractivity contribution in [3.63, 3.8) is 0 Å². The molecule has 34 heavy (non-hydrogen) atoms. The summed E-state index contributed by atoms with van der Waals surface area (Å²) in [5, 5.41) is 14.2. The van der Waals surface area contributed by atoms with Crippen molar-refractivity contribution in [1.29, 1.82) is 0 Å². The Morgan fingerprint density at radius 3 is 2.62 bits per heavy atom. The lowest BCUT2D eigenvalue weighted by atomic mass is 9.98. The van der Waals surface area contributed by atoms with E-state index in [0.29, 0.717) is 12.2 Å². The summed E-state index contributed by atoms with van der Waals surface area (Å²) >= 11 is 0. The highest BCUT2D eigenvalue weighted by atomic mass is 19.1. The summed E-state index contributed by atoms with van der Waals surface area (Å²) in [4.78, 5) is 13.3. The Morgan fingerprint density at radius 1 is 1.00 bits per heavy atom. The Morgan fingerprint density at radius 2 is 1.82 bits per heavy atom. The maximum atomic E-state index is 14.9. The first-order valence-electron chi connectivity index (χ1n) is 11.1. The molecule has 0 bridgehead atoms. The van der Waals surface area contributed by atoms with E-state index in [-0.39, 0.29) is 17.3 Å². The maximum absolute atomic E-state index is 14.9. The molecular formula is C26H21FN6O. The zero-order valence-electron chi connectivity index (χ0n) is 18.4. The van der Waals surface area contributed by atoms with Crippen LogP contribution < -0.4 is 5.56 Å². The molecule has 1 aliphatic carbocycles. The van der Waals surface area contributed by atoms with Crippen LogP contribution in [0.5, 0.6) is 0 Å². The summed E-state index contributed by atoms with van der Waals surface area (Å²) in [7, 11) is 0. The number of fused-ring (bicyclic) bond motifs is 3. The van der Waals surface area contributed by atoms with Gasteiger partial charge in [-0.1, -0.05) is 49.4 Å². The third-order valence-corrected chi connectivity index (χ3v) is 6.19. The third kappa shape index (κ3) is 3.26. The number of benzene rings is 2. The molecule has 2 atom stereocenters. The molecule has 168 valence electrons. The molecule has 0 N–H and O–H groups in total. The molecule has 0 fully saturated rings. The molecular weight excluding hydrogens is 431 g/mol. The minimum atomic E-state index is -1.31. The van der Waals surface area contributed by atoms with Gasteiger partial charge in [0.05, 0.1) is 23.4 Å². The maximum Gasteiger partial charge on any atom is 0.301 e. The quantitative estimate of drug-likeness (QED) is 0.407. The molecule has 0 saturated carbocycles. The van der Waals surface area contributed by atoms with Crippen LogP contribution in [0.4, 0.5) is 4.39 Å². The highest BCUT2D eigenvalue weighted by Crippen LogP contribution is 2.29. The molecule has 2 aliphatic heterocycles. The van der Waals surface area contributed by atoms with Gasteiger partial charge in [0.25, 0.3) is 0 Å². The molecule has 7 nitrogen and oxygen atoms in total. The molecule has 3 aliphatic rings. The van der Waals surface area contributed by atoms with Crippen molar-refractivity contribution >= 4 is 16.6 Å². The van der Waals surface area contributed by atoms with Gasteiger partial charge in [0, 0.05) is 23.7 Å². The van der Waals surface area contributed by atoms with Crippen molar-refractivity contribution in [2.24, 2.45) is 5.92 Å². The van der Waals surface area contributed by atoms with Crippen LogP contribution in [-0.4, -0.2) is 35.5 Å². The Hall–Kier alpha value is -4.33. The minimum Gasteiger partial charge on any atom is -0.265 e. The van der Waals surface area contributed by atoms with Crippen LogP contribution in [0, 0.1) is 5.92 Å².